The Kier molecular flexibility index (Phi) is 10.2. The second-order valence-corrected chi connectivity index (χ2v) is 11.6. The zero-order chi connectivity index (χ0) is 29.1. The first-order valence-corrected chi connectivity index (χ1v) is 14.5. The number of nitrogens with zero attached hydrogens (tertiary/aromatic N) is 3. The quantitative estimate of drug-likeness (QED) is 0.354. The van der Waals surface area contributed by atoms with Crippen molar-refractivity contribution in [1.29, 1.82) is 0 Å². The molecule has 2 aliphatic rings. The number of fused-ring (bicyclic) bond motifs is 1. The number of amides is 2. The molecule has 0 spiro atoms. The van der Waals surface area contributed by atoms with E-state index in [2.05, 4.69) is 25.9 Å². The average Bonchev–Trinajstić information content (AvgIpc) is 3.30. The highest BCUT2D eigenvalue weighted by Crippen LogP contribution is 2.34. The number of halogens is 2. The number of rotatable bonds is 7. The molecule has 11 heteroatoms. The Hall–Kier alpha value is -3.50. The van der Waals surface area contributed by atoms with Gasteiger partial charge in [-0.15, -0.1) is 12.4 Å². The van der Waals surface area contributed by atoms with Gasteiger partial charge in [-0.25, -0.2) is 4.39 Å². The van der Waals surface area contributed by atoms with Gasteiger partial charge >= 0.3 is 5.97 Å². The van der Waals surface area contributed by atoms with Crippen LogP contribution in [0.15, 0.2) is 47.5 Å². The number of likely N-dealkylation sites (tertiary alicyclic amines) is 1. The van der Waals surface area contributed by atoms with E-state index < -0.39 is 23.7 Å². The maximum absolute atomic E-state index is 13.4. The molecule has 42 heavy (non-hydrogen) atoms. The van der Waals surface area contributed by atoms with Crippen molar-refractivity contribution >= 4 is 41.2 Å². The Bertz CT molecular complexity index is 1490. The number of carboxylic acid groups (broad SMARTS) is 1. The molecule has 0 radical (unpaired) electrons. The minimum Gasteiger partial charge on any atom is -0.480 e. The number of aliphatic carboxylic acids is 1. The fourth-order valence-corrected chi connectivity index (χ4v) is 6.17. The van der Waals surface area contributed by atoms with Crippen molar-refractivity contribution in [3.05, 3.63) is 65.0 Å². The molecule has 5 rings (SSSR count). The largest absolute Gasteiger partial charge is 0.480 e. The SMILES string of the molecule is CC(C)NC(=O)[C@H]1CC[C@@H](n2/c(=N/C(=O)c3ccc(F)cc3)[nH]c3ccc(CN4CCCCC4C(=O)O)cc32)CC1.Cl. The number of carbonyl (C=O) groups is 3. The van der Waals surface area contributed by atoms with Gasteiger partial charge in [0.15, 0.2) is 0 Å². The molecule has 1 aliphatic heterocycles. The predicted molar refractivity (Wildman–Crippen MR) is 160 cm³/mol. The molecule has 1 unspecified atom stereocenters. The summed E-state index contributed by atoms with van der Waals surface area (Å²) in [4.78, 5) is 47.3. The van der Waals surface area contributed by atoms with Crippen LogP contribution in [0, 0.1) is 11.7 Å². The minimum absolute atomic E-state index is 0. The first-order chi connectivity index (χ1) is 19.7. The van der Waals surface area contributed by atoms with E-state index in [1.165, 1.54) is 24.3 Å². The number of nitrogens with one attached hydrogen (secondary N) is 2. The van der Waals surface area contributed by atoms with Crippen molar-refractivity contribution in [3.8, 4) is 0 Å². The zero-order valence-corrected chi connectivity index (χ0v) is 24.8. The third-order valence-electron chi connectivity index (χ3n) is 8.24. The molecule has 2 heterocycles. The monoisotopic (exact) mass is 599 g/mol. The maximum atomic E-state index is 13.4. The van der Waals surface area contributed by atoms with Crippen LogP contribution in [0.3, 0.4) is 0 Å². The van der Waals surface area contributed by atoms with Crippen molar-refractivity contribution in [2.45, 2.75) is 83.5 Å². The van der Waals surface area contributed by atoms with Crippen LogP contribution in [0.5, 0.6) is 0 Å². The highest BCUT2D eigenvalue weighted by Gasteiger charge is 2.30. The average molecular weight is 600 g/mol. The Labute approximate surface area is 250 Å². The molecular formula is C31H39ClFN5O4. The smallest absolute Gasteiger partial charge is 0.320 e. The molecule has 2 aromatic carbocycles. The molecule has 1 aromatic heterocycles. The van der Waals surface area contributed by atoms with E-state index in [0.717, 1.165) is 61.7 Å². The molecular weight excluding hydrogens is 561 g/mol. The van der Waals surface area contributed by atoms with Crippen LogP contribution < -0.4 is 10.9 Å². The van der Waals surface area contributed by atoms with E-state index in [0.29, 0.717) is 18.6 Å². The van der Waals surface area contributed by atoms with Crippen molar-refractivity contribution in [2.24, 2.45) is 10.9 Å². The first-order valence-electron chi connectivity index (χ1n) is 14.5. The second kappa shape index (κ2) is 13.6. The van der Waals surface area contributed by atoms with Crippen LogP contribution in [-0.4, -0.2) is 56.0 Å². The number of H-pyrrole nitrogens is 1. The number of carbonyl (C=O) groups excluding carboxylic acids is 2. The molecule has 226 valence electrons. The Balaban J connectivity index is 0.00000405. The predicted octanol–water partition coefficient (Wildman–Crippen LogP) is 4.97. The highest BCUT2D eigenvalue weighted by atomic mass is 35.5. The lowest BCUT2D eigenvalue weighted by Crippen LogP contribution is -2.44. The van der Waals surface area contributed by atoms with E-state index >= 15 is 0 Å². The molecule has 2 amide bonds. The van der Waals surface area contributed by atoms with E-state index in [1.54, 1.807) is 0 Å². The number of carboxylic acids is 1. The molecule has 0 bridgehead atoms. The van der Waals surface area contributed by atoms with Gasteiger partial charge < -0.3 is 20.0 Å². The summed E-state index contributed by atoms with van der Waals surface area (Å²) in [6, 6.07) is 10.9. The van der Waals surface area contributed by atoms with Crippen molar-refractivity contribution in [1.82, 2.24) is 19.8 Å². The summed E-state index contributed by atoms with van der Waals surface area (Å²) in [7, 11) is 0. The number of piperidine rings is 1. The van der Waals surface area contributed by atoms with E-state index in [4.69, 9.17) is 0 Å². The number of imidazole rings is 1. The zero-order valence-electron chi connectivity index (χ0n) is 24.0. The van der Waals surface area contributed by atoms with Crippen molar-refractivity contribution in [3.63, 3.8) is 0 Å². The molecule has 1 saturated heterocycles. The Morgan fingerprint density at radius 2 is 1.76 bits per heavy atom. The number of hydrogen-bond donors (Lipinski definition) is 3. The van der Waals surface area contributed by atoms with Crippen molar-refractivity contribution in [2.75, 3.05) is 6.54 Å². The number of hydrogen-bond acceptors (Lipinski definition) is 4. The summed E-state index contributed by atoms with van der Waals surface area (Å²) in [6.07, 6.45) is 5.47. The fourth-order valence-electron chi connectivity index (χ4n) is 6.17. The second-order valence-electron chi connectivity index (χ2n) is 11.6. The Morgan fingerprint density at radius 3 is 2.43 bits per heavy atom. The standard InChI is InChI=1S/C31H38FN5O4.ClH/c1-19(2)33-28(38)22-9-13-24(14-10-22)37-27-17-20(18-36-16-4-3-5-26(36)30(40)41)6-15-25(27)34-31(37)35-29(39)21-7-11-23(32)12-8-21;/h6-8,11-12,15,17,19,22,24,26H,3-5,9-10,13-14,16,18H2,1-2H3,(H,33,38)(H,40,41)(H,34,35,39);1H/t22-,24+,26?;. The summed E-state index contributed by atoms with van der Waals surface area (Å²) >= 11 is 0. The maximum Gasteiger partial charge on any atom is 0.320 e. The summed E-state index contributed by atoms with van der Waals surface area (Å²) in [5.74, 6) is -1.67. The lowest BCUT2D eigenvalue weighted by molar-refractivity contribution is -0.144. The van der Waals surface area contributed by atoms with Crippen LogP contribution >= 0.6 is 12.4 Å². The molecule has 1 saturated carbocycles. The lowest BCUT2D eigenvalue weighted by Gasteiger charge is -2.33. The van der Waals surface area contributed by atoms with Gasteiger partial charge in [0.1, 0.15) is 11.9 Å². The molecule has 9 nitrogen and oxygen atoms in total. The van der Waals surface area contributed by atoms with Gasteiger partial charge in [-0.05, 0) is 101 Å². The highest BCUT2D eigenvalue weighted by molar-refractivity contribution is 5.95. The number of aromatic nitrogens is 2. The summed E-state index contributed by atoms with van der Waals surface area (Å²) in [6.45, 7) is 5.16. The number of aromatic amines is 1. The third-order valence-corrected chi connectivity index (χ3v) is 8.24. The van der Waals surface area contributed by atoms with Gasteiger partial charge in [-0.1, -0.05) is 12.5 Å². The van der Waals surface area contributed by atoms with Gasteiger partial charge in [-0.3, -0.25) is 19.3 Å². The summed E-state index contributed by atoms with van der Waals surface area (Å²) in [5.41, 5.74) is 3.37. The molecule has 2 fully saturated rings. The third kappa shape index (κ3) is 7.10. The molecule has 1 atom stereocenters. The van der Waals surface area contributed by atoms with Gasteiger partial charge in [-0.2, -0.15) is 4.99 Å². The van der Waals surface area contributed by atoms with E-state index in [9.17, 15) is 23.9 Å². The molecule has 3 N–H and O–H groups in total. The van der Waals surface area contributed by atoms with Crippen LogP contribution in [0.2, 0.25) is 0 Å². The fraction of sp³-hybridized carbons (Fsp3) is 0.484. The van der Waals surface area contributed by atoms with Crippen LogP contribution in [-0.2, 0) is 16.1 Å². The van der Waals surface area contributed by atoms with Crippen LogP contribution in [0.25, 0.3) is 11.0 Å². The van der Waals surface area contributed by atoms with Crippen LogP contribution in [0.1, 0.15) is 80.8 Å². The Morgan fingerprint density at radius 1 is 1.05 bits per heavy atom. The summed E-state index contributed by atoms with van der Waals surface area (Å²) < 4.78 is 15.5. The molecule has 3 aromatic rings. The van der Waals surface area contributed by atoms with Gasteiger partial charge in [0, 0.05) is 30.1 Å². The normalized spacial score (nSPS) is 21.7. The molecule has 1 aliphatic carbocycles. The number of benzene rings is 2. The lowest BCUT2D eigenvalue weighted by atomic mass is 9.85. The van der Waals surface area contributed by atoms with E-state index in [-0.39, 0.29) is 41.9 Å². The van der Waals surface area contributed by atoms with Gasteiger partial charge in [0.05, 0.1) is 11.0 Å². The minimum atomic E-state index is -0.791. The first kappa shape index (κ1) is 31.4. The van der Waals surface area contributed by atoms with Gasteiger partial charge in [0.25, 0.3) is 5.91 Å². The summed E-state index contributed by atoms with van der Waals surface area (Å²) in [5, 5.41) is 12.8. The van der Waals surface area contributed by atoms with Crippen molar-refractivity contribution < 1.29 is 23.9 Å². The topological polar surface area (TPSA) is 120 Å². The van der Waals surface area contributed by atoms with E-state index in [1.807, 2.05) is 30.9 Å². The van der Waals surface area contributed by atoms with Gasteiger partial charge in [0.2, 0.25) is 11.5 Å². The van der Waals surface area contributed by atoms with Crippen LogP contribution in [0.4, 0.5) is 4.39 Å².